The number of nitrogens with zero attached hydrogens (tertiary/aromatic N) is 1. The number of carbonyl (C=O) groups excluding carboxylic acids is 2. The molecule has 5 nitrogen and oxygen atoms in total. The summed E-state index contributed by atoms with van der Waals surface area (Å²) in [6.07, 6.45) is 1.54. The maximum absolute atomic E-state index is 12.2. The molecule has 6 heteroatoms. The Hall–Kier alpha value is -1.59. The normalized spacial score (nSPS) is 11.5. The Morgan fingerprint density at radius 1 is 1.04 bits per heavy atom. The first-order valence-corrected chi connectivity index (χ1v) is 9.68. The molecule has 0 aliphatic carbocycles. The zero-order chi connectivity index (χ0) is 19.6. The van der Waals surface area contributed by atoms with Gasteiger partial charge in [-0.05, 0) is 55.7 Å². The van der Waals surface area contributed by atoms with Crippen LogP contribution in [0.1, 0.15) is 47.0 Å². The minimum absolute atomic E-state index is 0.00570. The molecule has 0 bridgehead atoms. The van der Waals surface area contributed by atoms with Crippen molar-refractivity contribution in [2.75, 3.05) is 31.5 Å². The van der Waals surface area contributed by atoms with Gasteiger partial charge in [0.2, 0.25) is 11.8 Å². The molecule has 1 rings (SSSR count). The van der Waals surface area contributed by atoms with E-state index in [0.717, 1.165) is 26.1 Å². The van der Waals surface area contributed by atoms with E-state index in [0.29, 0.717) is 23.7 Å². The fraction of sp³-hybridized carbons (Fsp3) is 0.600. The molecule has 0 spiro atoms. The van der Waals surface area contributed by atoms with Gasteiger partial charge in [-0.25, -0.2) is 0 Å². The summed E-state index contributed by atoms with van der Waals surface area (Å²) >= 11 is 5.84. The van der Waals surface area contributed by atoms with Gasteiger partial charge in [-0.2, -0.15) is 0 Å². The molecule has 0 saturated carbocycles. The van der Waals surface area contributed by atoms with Gasteiger partial charge in [-0.15, -0.1) is 0 Å². The molecule has 26 heavy (non-hydrogen) atoms. The first-order chi connectivity index (χ1) is 12.3. The van der Waals surface area contributed by atoms with E-state index in [1.54, 1.807) is 24.3 Å². The summed E-state index contributed by atoms with van der Waals surface area (Å²) in [5.41, 5.74) is 0.301. The second kappa shape index (κ2) is 11.2. The zero-order valence-corrected chi connectivity index (χ0v) is 17.2. The molecule has 2 amide bonds. The summed E-state index contributed by atoms with van der Waals surface area (Å²) < 4.78 is 0. The highest BCUT2D eigenvalue weighted by Crippen LogP contribution is 2.26. The van der Waals surface area contributed by atoms with Gasteiger partial charge in [0.25, 0.3) is 0 Å². The lowest BCUT2D eigenvalue weighted by Crippen LogP contribution is -2.33. The Bertz CT molecular complexity index is 569. The van der Waals surface area contributed by atoms with Gasteiger partial charge in [-0.3, -0.25) is 9.59 Å². The van der Waals surface area contributed by atoms with Crippen molar-refractivity contribution >= 4 is 29.1 Å². The van der Waals surface area contributed by atoms with E-state index in [-0.39, 0.29) is 18.2 Å². The lowest BCUT2D eigenvalue weighted by molar-refractivity contribution is -0.124. The number of nitrogens with one attached hydrogen (secondary N) is 2. The van der Waals surface area contributed by atoms with Gasteiger partial charge >= 0.3 is 0 Å². The molecule has 0 saturated heterocycles. The molecule has 0 aliphatic heterocycles. The molecule has 2 N–H and O–H groups in total. The molecule has 1 aromatic carbocycles. The molecule has 0 radical (unpaired) electrons. The van der Waals surface area contributed by atoms with E-state index >= 15 is 0 Å². The van der Waals surface area contributed by atoms with Gasteiger partial charge < -0.3 is 15.5 Å². The largest absolute Gasteiger partial charge is 0.356 e. The van der Waals surface area contributed by atoms with Crippen LogP contribution in [0.25, 0.3) is 0 Å². The third-order valence-electron chi connectivity index (χ3n) is 4.27. The fourth-order valence-electron chi connectivity index (χ4n) is 2.80. The number of hydrogen-bond donors (Lipinski definition) is 2. The second-order valence-electron chi connectivity index (χ2n) is 7.30. The van der Waals surface area contributed by atoms with Crippen LogP contribution in [0.5, 0.6) is 0 Å². The van der Waals surface area contributed by atoms with Crippen molar-refractivity contribution in [3.05, 3.63) is 29.3 Å². The van der Waals surface area contributed by atoms with Crippen molar-refractivity contribution in [2.24, 2.45) is 5.41 Å². The highest BCUT2D eigenvalue weighted by Gasteiger charge is 2.25. The predicted molar refractivity (Wildman–Crippen MR) is 109 cm³/mol. The van der Waals surface area contributed by atoms with Gasteiger partial charge in [0, 0.05) is 30.1 Å². The van der Waals surface area contributed by atoms with E-state index in [4.69, 9.17) is 11.6 Å². The highest BCUT2D eigenvalue weighted by atomic mass is 35.5. The molecule has 0 fully saturated rings. The fourth-order valence-corrected chi connectivity index (χ4v) is 2.93. The number of anilines is 1. The summed E-state index contributed by atoms with van der Waals surface area (Å²) in [7, 11) is 0. The van der Waals surface area contributed by atoms with Crippen LogP contribution < -0.4 is 10.6 Å². The summed E-state index contributed by atoms with van der Waals surface area (Å²) in [6.45, 7) is 11.9. The average Bonchev–Trinajstić information content (AvgIpc) is 2.56. The van der Waals surface area contributed by atoms with Gasteiger partial charge in [0.1, 0.15) is 0 Å². The number of benzene rings is 1. The van der Waals surface area contributed by atoms with Crippen molar-refractivity contribution in [1.29, 1.82) is 0 Å². The van der Waals surface area contributed by atoms with Crippen molar-refractivity contribution in [2.45, 2.75) is 47.0 Å². The Kier molecular flexibility index (Phi) is 9.66. The predicted octanol–water partition coefficient (Wildman–Crippen LogP) is 3.93. The van der Waals surface area contributed by atoms with Crippen LogP contribution >= 0.6 is 11.6 Å². The monoisotopic (exact) mass is 381 g/mol. The highest BCUT2D eigenvalue weighted by molar-refractivity contribution is 6.30. The van der Waals surface area contributed by atoms with Crippen LogP contribution in [0.15, 0.2) is 24.3 Å². The van der Waals surface area contributed by atoms with Crippen LogP contribution in [0.4, 0.5) is 5.69 Å². The molecule has 0 atom stereocenters. The maximum atomic E-state index is 12.2. The minimum Gasteiger partial charge on any atom is -0.356 e. The molecule has 146 valence electrons. The average molecular weight is 382 g/mol. The summed E-state index contributed by atoms with van der Waals surface area (Å²) in [5, 5.41) is 6.43. The molecular weight excluding hydrogens is 350 g/mol. The van der Waals surface area contributed by atoms with Crippen LogP contribution in [-0.4, -0.2) is 42.9 Å². The zero-order valence-electron chi connectivity index (χ0n) is 16.4. The van der Waals surface area contributed by atoms with Gasteiger partial charge in [0.05, 0.1) is 0 Å². The smallest absolute Gasteiger partial charge is 0.224 e. The molecule has 0 aromatic heterocycles. The Labute approximate surface area is 162 Å². The van der Waals surface area contributed by atoms with E-state index in [9.17, 15) is 9.59 Å². The first kappa shape index (κ1) is 22.5. The van der Waals surface area contributed by atoms with Crippen LogP contribution in [-0.2, 0) is 9.59 Å². The topological polar surface area (TPSA) is 61.4 Å². The van der Waals surface area contributed by atoms with Crippen molar-refractivity contribution < 1.29 is 9.59 Å². The standard InChI is InChI=1S/C20H32ClN3O2/c1-5-24(6-2)13-7-12-22-18(25)14-20(3,4)15-19(26)23-17-10-8-16(21)9-11-17/h8-11H,5-7,12-15H2,1-4H3,(H,22,25)(H,23,26). The van der Waals surface area contributed by atoms with Crippen LogP contribution in [0, 0.1) is 5.41 Å². The third-order valence-corrected chi connectivity index (χ3v) is 4.53. The quantitative estimate of drug-likeness (QED) is 0.571. The second-order valence-corrected chi connectivity index (χ2v) is 7.74. The third kappa shape index (κ3) is 9.20. The summed E-state index contributed by atoms with van der Waals surface area (Å²) in [6, 6.07) is 6.98. The van der Waals surface area contributed by atoms with E-state index < -0.39 is 5.41 Å². The molecular formula is C20H32ClN3O2. The van der Waals surface area contributed by atoms with Gasteiger partial charge in [0.15, 0.2) is 0 Å². The summed E-state index contributed by atoms with van der Waals surface area (Å²) in [5.74, 6) is -0.111. The molecule has 0 unspecified atom stereocenters. The molecule has 0 heterocycles. The van der Waals surface area contributed by atoms with E-state index in [1.165, 1.54) is 0 Å². The maximum Gasteiger partial charge on any atom is 0.224 e. The number of amides is 2. The van der Waals surface area contributed by atoms with Crippen LogP contribution in [0.2, 0.25) is 5.02 Å². The minimum atomic E-state index is -0.403. The number of carbonyl (C=O) groups is 2. The van der Waals surface area contributed by atoms with Crippen LogP contribution in [0.3, 0.4) is 0 Å². The number of hydrogen-bond acceptors (Lipinski definition) is 3. The molecule has 0 aliphatic rings. The van der Waals surface area contributed by atoms with E-state index in [1.807, 2.05) is 13.8 Å². The molecule has 1 aromatic rings. The van der Waals surface area contributed by atoms with Crippen molar-refractivity contribution in [1.82, 2.24) is 10.2 Å². The van der Waals surface area contributed by atoms with Crippen molar-refractivity contribution in [3.63, 3.8) is 0 Å². The number of rotatable bonds is 11. The lowest BCUT2D eigenvalue weighted by Gasteiger charge is -2.23. The first-order valence-electron chi connectivity index (χ1n) is 9.30. The Balaban J connectivity index is 2.33. The Morgan fingerprint density at radius 3 is 2.19 bits per heavy atom. The lowest BCUT2D eigenvalue weighted by atomic mass is 9.85. The Morgan fingerprint density at radius 2 is 1.62 bits per heavy atom. The summed E-state index contributed by atoms with van der Waals surface area (Å²) in [4.78, 5) is 26.7. The van der Waals surface area contributed by atoms with E-state index in [2.05, 4.69) is 29.4 Å². The number of halogens is 1. The van der Waals surface area contributed by atoms with Gasteiger partial charge in [-0.1, -0.05) is 39.3 Å². The van der Waals surface area contributed by atoms with Crippen molar-refractivity contribution in [3.8, 4) is 0 Å². The SMILES string of the molecule is CCN(CC)CCCNC(=O)CC(C)(C)CC(=O)Nc1ccc(Cl)cc1.